The minimum atomic E-state index is -0.258. The Bertz CT molecular complexity index is 543. The first kappa shape index (κ1) is 11.1. The van der Waals surface area contributed by atoms with Gasteiger partial charge in [0.05, 0.1) is 0 Å². The third-order valence-corrected chi connectivity index (χ3v) is 2.28. The molecule has 0 radical (unpaired) electrons. The van der Waals surface area contributed by atoms with Crippen LogP contribution in [0.25, 0.3) is 0 Å². The third-order valence-electron chi connectivity index (χ3n) is 2.28. The molecule has 0 atom stereocenters. The van der Waals surface area contributed by atoms with Gasteiger partial charge in [-0.2, -0.15) is 5.26 Å². The van der Waals surface area contributed by atoms with E-state index in [-0.39, 0.29) is 5.82 Å². The maximum absolute atomic E-state index is 12.7. The maximum Gasteiger partial charge on any atom is 0.140 e. The summed E-state index contributed by atoms with van der Waals surface area (Å²) in [6.45, 7) is 0.572. The summed E-state index contributed by atoms with van der Waals surface area (Å²) >= 11 is 0. The van der Waals surface area contributed by atoms with Gasteiger partial charge in [0.15, 0.2) is 0 Å². The molecule has 1 aromatic carbocycles. The highest BCUT2D eigenvalue weighted by Gasteiger charge is 1.97. The second-order valence-electron chi connectivity index (χ2n) is 3.52. The minimum Gasteiger partial charge on any atom is -0.381 e. The molecule has 0 aliphatic rings. The van der Waals surface area contributed by atoms with Gasteiger partial charge in [-0.1, -0.05) is 0 Å². The van der Waals surface area contributed by atoms with E-state index in [4.69, 9.17) is 5.26 Å². The van der Waals surface area contributed by atoms with Crippen LogP contribution >= 0.6 is 0 Å². The fourth-order valence-electron chi connectivity index (χ4n) is 1.42. The van der Waals surface area contributed by atoms with Crippen molar-refractivity contribution < 1.29 is 4.39 Å². The van der Waals surface area contributed by atoms with E-state index < -0.39 is 0 Å². The van der Waals surface area contributed by atoms with Crippen LogP contribution in [0.15, 0.2) is 42.6 Å². The highest BCUT2D eigenvalue weighted by atomic mass is 19.1. The smallest absolute Gasteiger partial charge is 0.140 e. The summed E-state index contributed by atoms with van der Waals surface area (Å²) in [5.74, 6) is -0.258. The molecular formula is C13H10FN3. The van der Waals surface area contributed by atoms with Crippen LogP contribution in [-0.4, -0.2) is 4.98 Å². The fraction of sp³-hybridized carbons (Fsp3) is 0.0769. The number of pyridine rings is 1. The predicted octanol–water partition coefficient (Wildman–Crippen LogP) is 2.70. The average Bonchev–Trinajstić information content (AvgIpc) is 2.38. The lowest BCUT2D eigenvalue weighted by molar-refractivity contribution is 0.628. The second kappa shape index (κ2) is 5.08. The van der Waals surface area contributed by atoms with Crippen molar-refractivity contribution in [2.24, 2.45) is 0 Å². The van der Waals surface area contributed by atoms with Crippen molar-refractivity contribution in [1.29, 1.82) is 5.26 Å². The molecule has 2 rings (SSSR count). The lowest BCUT2D eigenvalue weighted by Gasteiger charge is -2.06. The quantitative estimate of drug-likeness (QED) is 0.877. The molecule has 0 aliphatic heterocycles. The number of nitrogens with zero attached hydrogens (tertiary/aromatic N) is 2. The molecule has 1 N–H and O–H groups in total. The van der Waals surface area contributed by atoms with Crippen molar-refractivity contribution in [2.45, 2.75) is 6.54 Å². The van der Waals surface area contributed by atoms with Crippen molar-refractivity contribution in [3.05, 3.63) is 59.7 Å². The van der Waals surface area contributed by atoms with Crippen molar-refractivity contribution >= 4 is 5.69 Å². The molecule has 4 heteroatoms. The number of rotatable bonds is 3. The predicted molar refractivity (Wildman–Crippen MR) is 62.7 cm³/mol. The van der Waals surface area contributed by atoms with Crippen LogP contribution in [0.1, 0.15) is 11.3 Å². The zero-order valence-electron chi connectivity index (χ0n) is 9.02. The number of halogens is 1. The summed E-state index contributed by atoms with van der Waals surface area (Å²) in [5.41, 5.74) is 2.19. The summed E-state index contributed by atoms with van der Waals surface area (Å²) < 4.78 is 12.7. The van der Waals surface area contributed by atoms with Gasteiger partial charge in [-0.3, -0.25) is 0 Å². The van der Waals surface area contributed by atoms with E-state index in [0.717, 1.165) is 11.3 Å². The van der Waals surface area contributed by atoms with Gasteiger partial charge in [-0.15, -0.1) is 0 Å². The highest BCUT2D eigenvalue weighted by molar-refractivity contribution is 5.43. The summed E-state index contributed by atoms with van der Waals surface area (Å²) in [4.78, 5) is 3.89. The van der Waals surface area contributed by atoms with E-state index in [0.29, 0.717) is 12.2 Å². The van der Waals surface area contributed by atoms with Crippen LogP contribution < -0.4 is 5.32 Å². The Morgan fingerprint density at radius 3 is 2.71 bits per heavy atom. The van der Waals surface area contributed by atoms with Crippen LogP contribution in [-0.2, 0) is 6.54 Å². The Balaban J connectivity index is 2.02. The van der Waals surface area contributed by atoms with Gasteiger partial charge in [0.2, 0.25) is 0 Å². The molecule has 0 unspecified atom stereocenters. The molecule has 0 saturated heterocycles. The van der Waals surface area contributed by atoms with Gasteiger partial charge in [0, 0.05) is 18.4 Å². The summed E-state index contributed by atoms with van der Waals surface area (Å²) in [7, 11) is 0. The number of anilines is 1. The Morgan fingerprint density at radius 1 is 1.24 bits per heavy atom. The Labute approximate surface area is 98.5 Å². The zero-order chi connectivity index (χ0) is 12.1. The largest absolute Gasteiger partial charge is 0.381 e. The highest BCUT2D eigenvalue weighted by Crippen LogP contribution is 2.10. The number of hydrogen-bond donors (Lipinski definition) is 1. The van der Waals surface area contributed by atoms with Crippen molar-refractivity contribution in [3.63, 3.8) is 0 Å². The van der Waals surface area contributed by atoms with E-state index in [9.17, 15) is 4.39 Å². The second-order valence-corrected chi connectivity index (χ2v) is 3.52. The molecule has 1 aromatic heterocycles. The molecule has 84 valence electrons. The first-order valence-electron chi connectivity index (χ1n) is 5.12. The van der Waals surface area contributed by atoms with Crippen LogP contribution in [0.2, 0.25) is 0 Å². The molecule has 0 fully saturated rings. The molecule has 3 nitrogen and oxygen atoms in total. The Morgan fingerprint density at radius 2 is 2.00 bits per heavy atom. The Hall–Kier alpha value is -2.41. The molecule has 0 bridgehead atoms. The van der Waals surface area contributed by atoms with Crippen molar-refractivity contribution in [3.8, 4) is 6.07 Å². The number of nitriles is 1. The van der Waals surface area contributed by atoms with Crippen LogP contribution in [0.3, 0.4) is 0 Å². The third kappa shape index (κ3) is 3.02. The van der Waals surface area contributed by atoms with Crippen LogP contribution in [0, 0.1) is 17.1 Å². The van der Waals surface area contributed by atoms with Crippen molar-refractivity contribution in [2.75, 3.05) is 5.32 Å². The van der Waals surface area contributed by atoms with E-state index in [2.05, 4.69) is 10.3 Å². The van der Waals surface area contributed by atoms with Crippen LogP contribution in [0.4, 0.5) is 10.1 Å². The van der Waals surface area contributed by atoms with Gasteiger partial charge < -0.3 is 5.32 Å². The van der Waals surface area contributed by atoms with Gasteiger partial charge in [-0.05, 0) is 42.0 Å². The topological polar surface area (TPSA) is 48.7 Å². The van der Waals surface area contributed by atoms with E-state index in [1.165, 1.54) is 12.1 Å². The molecule has 0 amide bonds. The van der Waals surface area contributed by atoms with Gasteiger partial charge in [0.25, 0.3) is 0 Å². The van der Waals surface area contributed by atoms with Gasteiger partial charge in [-0.25, -0.2) is 9.37 Å². The maximum atomic E-state index is 12.7. The monoisotopic (exact) mass is 227 g/mol. The lowest BCUT2D eigenvalue weighted by Crippen LogP contribution is -2.00. The number of hydrogen-bond acceptors (Lipinski definition) is 3. The van der Waals surface area contributed by atoms with Gasteiger partial charge in [0.1, 0.15) is 17.6 Å². The zero-order valence-corrected chi connectivity index (χ0v) is 9.02. The fourth-order valence-corrected chi connectivity index (χ4v) is 1.42. The van der Waals surface area contributed by atoms with E-state index in [1.807, 2.05) is 12.1 Å². The molecule has 2 aromatic rings. The summed E-state index contributed by atoms with van der Waals surface area (Å²) in [5, 5.41) is 11.8. The van der Waals surface area contributed by atoms with Gasteiger partial charge >= 0.3 is 0 Å². The van der Waals surface area contributed by atoms with Crippen molar-refractivity contribution in [1.82, 2.24) is 4.98 Å². The standard InChI is InChI=1S/C13H10FN3/c14-11-1-3-12(4-2-11)17-9-10-5-6-16-13(7-10)8-15/h1-7,17H,9H2. The average molecular weight is 227 g/mol. The molecule has 0 aliphatic carbocycles. The molecule has 0 saturated carbocycles. The number of nitrogens with one attached hydrogen (secondary N) is 1. The molecular weight excluding hydrogens is 217 g/mol. The van der Waals surface area contributed by atoms with E-state index in [1.54, 1.807) is 24.4 Å². The minimum absolute atomic E-state index is 0.258. The summed E-state index contributed by atoms with van der Waals surface area (Å²) in [6.07, 6.45) is 1.60. The number of aromatic nitrogens is 1. The van der Waals surface area contributed by atoms with Crippen LogP contribution in [0.5, 0.6) is 0 Å². The molecule has 1 heterocycles. The lowest BCUT2D eigenvalue weighted by atomic mass is 10.2. The molecule has 17 heavy (non-hydrogen) atoms. The number of benzene rings is 1. The SMILES string of the molecule is N#Cc1cc(CNc2ccc(F)cc2)ccn1. The molecule has 0 spiro atoms. The normalized spacial score (nSPS) is 9.65. The first-order valence-corrected chi connectivity index (χ1v) is 5.12. The Kier molecular flexibility index (Phi) is 3.31. The first-order chi connectivity index (χ1) is 8.28. The summed E-state index contributed by atoms with van der Waals surface area (Å²) in [6, 6.07) is 11.7. The van der Waals surface area contributed by atoms with E-state index >= 15 is 0 Å².